The number of hydrogen-bond acceptors (Lipinski definition) is 5. The van der Waals surface area contributed by atoms with Gasteiger partial charge in [-0.05, 0) is 12.5 Å². The van der Waals surface area contributed by atoms with E-state index in [9.17, 15) is 4.79 Å². The molecule has 1 unspecified atom stereocenters. The highest BCUT2D eigenvalue weighted by Gasteiger charge is 2.22. The molecule has 0 saturated heterocycles. The van der Waals surface area contributed by atoms with Crippen molar-refractivity contribution >= 4 is 17.3 Å². The standard InChI is InChI=1S/C14H15NO3S/c1-9-12(14(16)18-3)19-13(15-9)11(17-2)10-7-5-4-6-8-10/h4-8,11H,1-3H3. The van der Waals surface area contributed by atoms with Crippen molar-refractivity contribution in [3.8, 4) is 0 Å². The van der Waals surface area contributed by atoms with Gasteiger partial charge in [0.2, 0.25) is 0 Å². The summed E-state index contributed by atoms with van der Waals surface area (Å²) >= 11 is 1.31. The number of methoxy groups -OCH3 is 2. The van der Waals surface area contributed by atoms with Crippen LogP contribution in [0.5, 0.6) is 0 Å². The number of ether oxygens (including phenoxy) is 2. The molecule has 5 heteroatoms. The number of hydrogen-bond donors (Lipinski definition) is 0. The largest absolute Gasteiger partial charge is 0.465 e. The highest BCUT2D eigenvalue weighted by Crippen LogP contribution is 2.30. The van der Waals surface area contributed by atoms with Crippen LogP contribution in [0.1, 0.15) is 32.0 Å². The minimum absolute atomic E-state index is 0.261. The zero-order valence-electron chi connectivity index (χ0n) is 11.0. The van der Waals surface area contributed by atoms with Crippen molar-refractivity contribution in [2.24, 2.45) is 0 Å². The summed E-state index contributed by atoms with van der Waals surface area (Å²) in [6, 6.07) is 9.79. The number of carbonyl (C=O) groups is 1. The molecule has 100 valence electrons. The first-order valence-electron chi connectivity index (χ1n) is 5.80. The molecule has 0 N–H and O–H groups in total. The van der Waals surface area contributed by atoms with Crippen LogP contribution in [0.4, 0.5) is 0 Å². The van der Waals surface area contributed by atoms with E-state index in [1.807, 2.05) is 30.3 Å². The third kappa shape index (κ3) is 2.83. The molecule has 0 aliphatic heterocycles. The topological polar surface area (TPSA) is 48.4 Å². The van der Waals surface area contributed by atoms with E-state index >= 15 is 0 Å². The molecule has 0 saturated carbocycles. The fourth-order valence-electron chi connectivity index (χ4n) is 1.82. The van der Waals surface area contributed by atoms with Gasteiger partial charge in [0.1, 0.15) is 16.0 Å². The quantitative estimate of drug-likeness (QED) is 0.806. The van der Waals surface area contributed by atoms with Crippen molar-refractivity contribution in [1.82, 2.24) is 4.98 Å². The Hall–Kier alpha value is -1.72. The summed E-state index contributed by atoms with van der Waals surface area (Å²) in [5.41, 5.74) is 1.68. The van der Waals surface area contributed by atoms with E-state index in [1.54, 1.807) is 14.0 Å². The molecular formula is C14H15NO3S. The zero-order chi connectivity index (χ0) is 13.8. The van der Waals surface area contributed by atoms with Gasteiger partial charge >= 0.3 is 5.97 Å². The molecule has 0 fully saturated rings. The molecule has 0 spiro atoms. The van der Waals surface area contributed by atoms with E-state index in [1.165, 1.54) is 18.4 Å². The lowest BCUT2D eigenvalue weighted by Crippen LogP contribution is -2.02. The van der Waals surface area contributed by atoms with Crippen molar-refractivity contribution in [2.75, 3.05) is 14.2 Å². The maximum Gasteiger partial charge on any atom is 0.349 e. The van der Waals surface area contributed by atoms with Gasteiger partial charge in [-0.15, -0.1) is 11.3 Å². The Balaban J connectivity index is 2.37. The monoisotopic (exact) mass is 277 g/mol. The predicted molar refractivity (Wildman–Crippen MR) is 73.5 cm³/mol. The van der Waals surface area contributed by atoms with Crippen LogP contribution in [0.3, 0.4) is 0 Å². The van der Waals surface area contributed by atoms with E-state index in [0.29, 0.717) is 10.6 Å². The molecule has 0 amide bonds. The van der Waals surface area contributed by atoms with Crippen molar-refractivity contribution < 1.29 is 14.3 Å². The van der Waals surface area contributed by atoms with Gasteiger partial charge < -0.3 is 9.47 Å². The molecule has 4 nitrogen and oxygen atoms in total. The average Bonchev–Trinajstić information content (AvgIpc) is 2.82. The number of esters is 1. The highest BCUT2D eigenvalue weighted by molar-refractivity contribution is 7.13. The lowest BCUT2D eigenvalue weighted by atomic mass is 10.1. The molecule has 1 heterocycles. The maximum absolute atomic E-state index is 11.6. The van der Waals surface area contributed by atoms with Gasteiger partial charge in [-0.3, -0.25) is 0 Å². The Morgan fingerprint density at radius 1 is 1.26 bits per heavy atom. The van der Waals surface area contributed by atoms with Crippen LogP contribution >= 0.6 is 11.3 Å². The second-order valence-corrected chi connectivity index (χ2v) is 5.02. The summed E-state index contributed by atoms with van der Waals surface area (Å²) in [7, 11) is 3.00. The predicted octanol–water partition coefficient (Wildman–Crippen LogP) is 2.97. The third-order valence-corrected chi connectivity index (χ3v) is 3.93. The molecular weight excluding hydrogens is 262 g/mol. The average molecular weight is 277 g/mol. The summed E-state index contributed by atoms with van der Waals surface area (Å²) < 4.78 is 10.2. The fraction of sp³-hybridized carbons (Fsp3) is 0.286. The van der Waals surface area contributed by atoms with Crippen LogP contribution in [0.15, 0.2) is 30.3 Å². The third-order valence-electron chi connectivity index (χ3n) is 2.75. The molecule has 2 rings (SSSR count). The first kappa shape index (κ1) is 13.7. The van der Waals surface area contributed by atoms with Gasteiger partial charge in [-0.25, -0.2) is 9.78 Å². The van der Waals surface area contributed by atoms with E-state index < -0.39 is 0 Å². The molecule has 1 atom stereocenters. The maximum atomic E-state index is 11.6. The van der Waals surface area contributed by atoms with Gasteiger partial charge in [-0.1, -0.05) is 30.3 Å². The Morgan fingerprint density at radius 3 is 2.53 bits per heavy atom. The first-order chi connectivity index (χ1) is 9.17. The molecule has 0 aliphatic rings. The number of carbonyl (C=O) groups excluding carboxylic acids is 1. The molecule has 0 radical (unpaired) electrons. The molecule has 1 aromatic heterocycles. The first-order valence-corrected chi connectivity index (χ1v) is 6.62. The van der Waals surface area contributed by atoms with E-state index in [4.69, 9.17) is 9.47 Å². The molecule has 0 aliphatic carbocycles. The van der Waals surface area contributed by atoms with Crippen LogP contribution in [0.2, 0.25) is 0 Å². The van der Waals surface area contributed by atoms with Gasteiger partial charge in [0.15, 0.2) is 0 Å². The SMILES string of the molecule is COC(=O)c1sc(C(OC)c2ccccc2)nc1C. The van der Waals surface area contributed by atoms with E-state index in [0.717, 1.165) is 10.6 Å². The number of aromatic nitrogens is 1. The van der Waals surface area contributed by atoms with Crippen LogP contribution in [-0.2, 0) is 9.47 Å². The van der Waals surface area contributed by atoms with Crippen LogP contribution < -0.4 is 0 Å². The minimum Gasteiger partial charge on any atom is -0.465 e. The summed E-state index contributed by atoms with van der Waals surface area (Å²) in [6.07, 6.45) is -0.261. The normalized spacial score (nSPS) is 12.2. The molecule has 1 aromatic carbocycles. The second kappa shape index (κ2) is 5.95. The smallest absolute Gasteiger partial charge is 0.349 e. The van der Waals surface area contributed by atoms with Crippen molar-refractivity contribution in [3.63, 3.8) is 0 Å². The number of aryl methyl sites for hydroxylation is 1. The lowest BCUT2D eigenvalue weighted by Gasteiger charge is -2.12. The number of benzene rings is 1. The second-order valence-electron chi connectivity index (χ2n) is 3.98. The van der Waals surface area contributed by atoms with Crippen molar-refractivity contribution in [3.05, 3.63) is 51.5 Å². The van der Waals surface area contributed by atoms with Crippen LogP contribution in [0, 0.1) is 6.92 Å². The van der Waals surface area contributed by atoms with Crippen molar-refractivity contribution in [2.45, 2.75) is 13.0 Å². The minimum atomic E-state index is -0.357. The summed E-state index contributed by atoms with van der Waals surface area (Å²) in [5.74, 6) is -0.357. The Morgan fingerprint density at radius 2 is 1.95 bits per heavy atom. The Kier molecular flexibility index (Phi) is 4.29. The summed E-state index contributed by atoms with van der Waals surface area (Å²) in [5, 5.41) is 0.756. The molecule has 19 heavy (non-hydrogen) atoms. The summed E-state index contributed by atoms with van der Waals surface area (Å²) in [6.45, 7) is 1.80. The number of rotatable bonds is 4. The van der Waals surface area contributed by atoms with E-state index in [2.05, 4.69) is 4.98 Å². The number of nitrogens with zero attached hydrogens (tertiary/aromatic N) is 1. The van der Waals surface area contributed by atoms with Gasteiger partial charge in [-0.2, -0.15) is 0 Å². The summed E-state index contributed by atoms with van der Waals surface area (Å²) in [4.78, 5) is 16.5. The molecule has 2 aromatic rings. The fourth-order valence-corrected chi connectivity index (χ4v) is 2.91. The van der Waals surface area contributed by atoms with Gasteiger partial charge in [0, 0.05) is 7.11 Å². The van der Waals surface area contributed by atoms with Crippen LogP contribution in [0.25, 0.3) is 0 Å². The van der Waals surface area contributed by atoms with Crippen LogP contribution in [-0.4, -0.2) is 25.2 Å². The highest BCUT2D eigenvalue weighted by atomic mass is 32.1. The number of thiazole rings is 1. The van der Waals surface area contributed by atoms with Crippen molar-refractivity contribution in [1.29, 1.82) is 0 Å². The van der Waals surface area contributed by atoms with E-state index in [-0.39, 0.29) is 12.1 Å². The van der Waals surface area contributed by atoms with Gasteiger partial charge in [0.25, 0.3) is 0 Å². The lowest BCUT2D eigenvalue weighted by molar-refractivity contribution is 0.0605. The zero-order valence-corrected chi connectivity index (χ0v) is 11.9. The van der Waals surface area contributed by atoms with Gasteiger partial charge in [0.05, 0.1) is 12.8 Å². The Labute approximate surface area is 116 Å². The Bertz CT molecular complexity index is 565. The molecule has 0 bridgehead atoms.